The van der Waals surface area contributed by atoms with Crippen LogP contribution < -0.4 is 9.47 Å². The van der Waals surface area contributed by atoms with Crippen molar-refractivity contribution in [3.63, 3.8) is 0 Å². The summed E-state index contributed by atoms with van der Waals surface area (Å²) >= 11 is 0. The number of fused-ring (bicyclic) bond motifs is 1. The Morgan fingerprint density at radius 3 is 2.24 bits per heavy atom. The van der Waals surface area contributed by atoms with Crippen molar-refractivity contribution < 1.29 is 38.1 Å². The third kappa shape index (κ3) is 8.06. The van der Waals surface area contributed by atoms with E-state index in [-0.39, 0.29) is 25.4 Å². The van der Waals surface area contributed by atoms with Crippen molar-refractivity contribution in [2.75, 3.05) is 13.2 Å². The number of hydrogen-bond donors (Lipinski definition) is 2. The van der Waals surface area contributed by atoms with Crippen molar-refractivity contribution in [2.45, 2.75) is 32.7 Å². The minimum atomic E-state index is -1.03. The van der Waals surface area contributed by atoms with Gasteiger partial charge in [0.05, 0.1) is 5.52 Å². The zero-order valence-electron chi connectivity index (χ0n) is 23.1. The Morgan fingerprint density at radius 1 is 0.857 bits per heavy atom. The third-order valence-corrected chi connectivity index (χ3v) is 6.64. The molecule has 1 aromatic heterocycles. The zero-order chi connectivity index (χ0) is 30.1. The molecule has 0 amide bonds. The van der Waals surface area contributed by atoms with Crippen LogP contribution >= 0.6 is 0 Å². The highest BCUT2D eigenvalue weighted by atomic mass is 19.1. The number of ether oxygens (including phenoxy) is 2. The van der Waals surface area contributed by atoms with Gasteiger partial charge in [0, 0.05) is 29.1 Å². The number of nitrogens with zero attached hydrogens (tertiary/aromatic N) is 1. The highest BCUT2D eigenvalue weighted by Gasteiger charge is 2.19. The maximum absolute atomic E-state index is 14.7. The van der Waals surface area contributed by atoms with Gasteiger partial charge in [-0.05, 0) is 79.4 Å². The van der Waals surface area contributed by atoms with Gasteiger partial charge in [-0.1, -0.05) is 30.4 Å². The number of carbonyl (C=O) groups is 2. The molecule has 0 atom stereocenters. The van der Waals surface area contributed by atoms with Gasteiger partial charge < -0.3 is 24.3 Å². The summed E-state index contributed by atoms with van der Waals surface area (Å²) in [6.07, 6.45) is 7.84. The van der Waals surface area contributed by atoms with Crippen LogP contribution in [0.1, 0.15) is 35.2 Å². The molecule has 7 nitrogen and oxygen atoms in total. The Bertz CT molecular complexity index is 1620. The molecule has 0 spiro atoms. The van der Waals surface area contributed by atoms with Crippen LogP contribution in [0, 0.1) is 18.6 Å². The summed E-state index contributed by atoms with van der Waals surface area (Å²) in [5, 5.41) is 19.1. The van der Waals surface area contributed by atoms with Gasteiger partial charge in [0.2, 0.25) is 0 Å². The number of aromatic nitrogens is 1. The number of aliphatic carboxylic acids is 2. The molecule has 0 saturated carbocycles. The Kier molecular flexibility index (Phi) is 10.1. The second-order valence-corrected chi connectivity index (χ2v) is 9.64. The first-order chi connectivity index (χ1) is 20.2. The van der Waals surface area contributed by atoms with Crippen LogP contribution in [0.25, 0.3) is 23.1 Å². The summed E-state index contributed by atoms with van der Waals surface area (Å²) < 4.78 is 40.7. The fourth-order valence-electron chi connectivity index (χ4n) is 4.71. The van der Waals surface area contributed by atoms with E-state index in [0.717, 1.165) is 11.1 Å². The molecular formula is C33H31F2NO6. The molecule has 0 unspecified atom stereocenters. The molecule has 0 aliphatic rings. The second kappa shape index (κ2) is 14.1. The van der Waals surface area contributed by atoms with Gasteiger partial charge in [-0.25, -0.2) is 8.78 Å². The van der Waals surface area contributed by atoms with E-state index in [1.165, 1.54) is 24.3 Å². The molecular weight excluding hydrogens is 544 g/mol. The number of rotatable bonds is 14. The predicted molar refractivity (Wildman–Crippen MR) is 157 cm³/mol. The topological polar surface area (TPSA) is 98.0 Å². The highest BCUT2D eigenvalue weighted by molar-refractivity contribution is 5.95. The molecule has 0 saturated heterocycles. The second-order valence-electron chi connectivity index (χ2n) is 9.64. The summed E-state index contributed by atoms with van der Waals surface area (Å²) in [5.41, 5.74) is 3.36. The van der Waals surface area contributed by atoms with Crippen molar-refractivity contribution in [3.05, 3.63) is 107 Å². The third-order valence-electron chi connectivity index (χ3n) is 6.64. The van der Waals surface area contributed by atoms with Gasteiger partial charge >= 0.3 is 11.9 Å². The summed E-state index contributed by atoms with van der Waals surface area (Å²) in [4.78, 5) is 22.6. The van der Waals surface area contributed by atoms with E-state index in [1.807, 2.05) is 12.1 Å². The summed E-state index contributed by atoms with van der Waals surface area (Å²) in [7, 11) is 0. The van der Waals surface area contributed by atoms with Crippen LogP contribution in [0.5, 0.6) is 11.5 Å². The first-order valence-corrected chi connectivity index (χ1v) is 13.4. The van der Waals surface area contributed by atoms with Crippen molar-refractivity contribution >= 4 is 35.0 Å². The minimum absolute atomic E-state index is 0.0336. The zero-order valence-corrected chi connectivity index (χ0v) is 23.1. The summed E-state index contributed by atoms with van der Waals surface area (Å²) in [5.74, 6) is -1.68. The predicted octanol–water partition coefficient (Wildman–Crippen LogP) is 6.90. The lowest BCUT2D eigenvalue weighted by Crippen LogP contribution is -2.10. The van der Waals surface area contributed by atoms with Gasteiger partial charge in [0.1, 0.15) is 42.9 Å². The van der Waals surface area contributed by atoms with Gasteiger partial charge in [-0.2, -0.15) is 0 Å². The first kappa shape index (κ1) is 30.0. The van der Waals surface area contributed by atoms with Crippen LogP contribution in [0.3, 0.4) is 0 Å². The monoisotopic (exact) mass is 575 g/mol. The SMILES string of the molecule is Cc1c(CCCC(=O)O)c2cc(F)cc(C=Cc3ccc(OC/C=C/COc4cccc(F)c4)cc3)c2n1CC(=O)O. The van der Waals surface area contributed by atoms with Crippen molar-refractivity contribution in [2.24, 2.45) is 0 Å². The summed E-state index contributed by atoms with van der Waals surface area (Å²) in [6.45, 7) is 2.07. The Balaban J connectivity index is 1.45. The highest BCUT2D eigenvalue weighted by Crippen LogP contribution is 2.32. The van der Waals surface area contributed by atoms with E-state index in [1.54, 1.807) is 60.1 Å². The van der Waals surface area contributed by atoms with E-state index >= 15 is 0 Å². The molecule has 2 N–H and O–H groups in total. The van der Waals surface area contributed by atoms with E-state index in [9.17, 15) is 23.5 Å². The van der Waals surface area contributed by atoms with Crippen molar-refractivity contribution in [1.82, 2.24) is 4.57 Å². The lowest BCUT2D eigenvalue weighted by molar-refractivity contribution is -0.138. The number of carboxylic acids is 2. The smallest absolute Gasteiger partial charge is 0.323 e. The number of halogens is 2. The van der Waals surface area contributed by atoms with E-state index in [2.05, 4.69) is 0 Å². The molecule has 9 heteroatoms. The average molecular weight is 576 g/mol. The van der Waals surface area contributed by atoms with Gasteiger partial charge in [0.15, 0.2) is 0 Å². The Labute approximate surface area is 241 Å². The minimum Gasteiger partial charge on any atom is -0.490 e. The van der Waals surface area contributed by atoms with Crippen LogP contribution in [-0.4, -0.2) is 39.9 Å². The van der Waals surface area contributed by atoms with E-state index < -0.39 is 17.8 Å². The van der Waals surface area contributed by atoms with E-state index in [4.69, 9.17) is 14.6 Å². The fourth-order valence-corrected chi connectivity index (χ4v) is 4.71. The Morgan fingerprint density at radius 2 is 1.57 bits per heavy atom. The quantitative estimate of drug-likeness (QED) is 0.125. The molecule has 4 aromatic rings. The largest absolute Gasteiger partial charge is 0.490 e. The molecule has 1 heterocycles. The van der Waals surface area contributed by atoms with Gasteiger partial charge in [0.25, 0.3) is 0 Å². The first-order valence-electron chi connectivity index (χ1n) is 13.4. The molecule has 0 radical (unpaired) electrons. The molecule has 218 valence electrons. The number of benzene rings is 3. The average Bonchev–Trinajstić information content (AvgIpc) is 3.19. The maximum Gasteiger partial charge on any atom is 0.323 e. The normalized spacial score (nSPS) is 11.5. The van der Waals surface area contributed by atoms with Gasteiger partial charge in [-0.3, -0.25) is 9.59 Å². The fraction of sp³-hybridized carbons (Fsp3) is 0.212. The standard InChI is InChI=1S/C33H31F2NO6/c1-22-29(8-5-9-31(37)38)30-20-26(35)18-24(33(30)36(22)21-32(39)40)13-10-23-11-14-27(15-12-23)41-16-2-3-17-42-28-7-4-6-25(34)19-28/h2-4,6-7,10-15,18-20H,5,8-9,16-17,21H2,1H3,(H,37,38)(H,39,40)/b3-2+,13-10?. The van der Waals surface area contributed by atoms with Gasteiger partial charge in [-0.15, -0.1) is 0 Å². The van der Waals surface area contributed by atoms with Crippen LogP contribution in [0.15, 0.2) is 72.8 Å². The lowest BCUT2D eigenvalue weighted by atomic mass is 10.0. The Hall–Kier alpha value is -4.92. The van der Waals surface area contributed by atoms with Crippen LogP contribution in [0.2, 0.25) is 0 Å². The molecule has 0 fully saturated rings. The molecule has 3 aromatic carbocycles. The molecule has 0 aliphatic carbocycles. The van der Waals surface area contributed by atoms with Crippen molar-refractivity contribution in [1.29, 1.82) is 0 Å². The molecule has 0 bridgehead atoms. The van der Waals surface area contributed by atoms with E-state index in [0.29, 0.717) is 53.1 Å². The maximum atomic E-state index is 14.7. The summed E-state index contributed by atoms with van der Waals surface area (Å²) in [6, 6.07) is 16.0. The number of carboxylic acid groups (broad SMARTS) is 2. The number of hydrogen-bond acceptors (Lipinski definition) is 4. The lowest BCUT2D eigenvalue weighted by Gasteiger charge is -2.08. The molecule has 42 heavy (non-hydrogen) atoms. The van der Waals surface area contributed by atoms with Crippen LogP contribution in [0.4, 0.5) is 8.78 Å². The van der Waals surface area contributed by atoms with Crippen molar-refractivity contribution in [3.8, 4) is 11.5 Å². The molecule has 0 aliphatic heterocycles. The molecule has 4 rings (SSSR count). The van der Waals surface area contributed by atoms with Crippen LogP contribution in [-0.2, 0) is 22.6 Å². The number of aryl methyl sites for hydroxylation is 1.